The number of amides is 1. The number of thiophene rings is 1. The Morgan fingerprint density at radius 2 is 1.71 bits per heavy atom. The average molecular weight is 428 g/mol. The quantitative estimate of drug-likeness (QED) is 0.445. The summed E-state index contributed by atoms with van der Waals surface area (Å²) in [5.41, 5.74) is 0.265. The highest BCUT2D eigenvalue weighted by molar-refractivity contribution is 7.14. The Labute approximate surface area is 184 Å². The molecule has 1 aromatic heterocycles. The molecular weight excluding hydrogens is 406 g/mol. The molecule has 1 amide bonds. The van der Waals surface area contributed by atoms with Crippen LogP contribution in [0.25, 0.3) is 10.8 Å². The summed E-state index contributed by atoms with van der Waals surface area (Å²) in [6.07, 6.45) is -0.269. The maximum Gasteiger partial charge on any atom is 0.264 e. The van der Waals surface area contributed by atoms with Gasteiger partial charge in [-0.25, -0.2) is 0 Å². The van der Waals surface area contributed by atoms with Gasteiger partial charge in [-0.05, 0) is 41.5 Å². The van der Waals surface area contributed by atoms with E-state index in [-0.39, 0.29) is 12.2 Å². The van der Waals surface area contributed by atoms with Gasteiger partial charge < -0.3 is 10.0 Å². The molecule has 3 aromatic carbocycles. The van der Waals surface area contributed by atoms with Crippen molar-refractivity contribution in [2.24, 2.45) is 0 Å². The number of aryl methyl sites for hydroxylation is 1. The molecule has 0 spiro atoms. The molecule has 0 radical (unpaired) electrons. The van der Waals surface area contributed by atoms with Crippen molar-refractivity contribution in [2.75, 3.05) is 4.90 Å². The van der Waals surface area contributed by atoms with Crippen LogP contribution in [-0.2, 0) is 16.9 Å². The third kappa shape index (κ3) is 3.26. The van der Waals surface area contributed by atoms with Gasteiger partial charge in [0.1, 0.15) is 0 Å². The van der Waals surface area contributed by atoms with Gasteiger partial charge in [0.2, 0.25) is 0 Å². The summed E-state index contributed by atoms with van der Waals surface area (Å²) >= 11 is 1.38. The predicted molar refractivity (Wildman–Crippen MR) is 123 cm³/mol. The van der Waals surface area contributed by atoms with Crippen molar-refractivity contribution in [3.8, 4) is 0 Å². The fourth-order valence-corrected chi connectivity index (χ4v) is 5.14. The van der Waals surface area contributed by atoms with Crippen LogP contribution in [0.5, 0.6) is 0 Å². The Hall–Kier alpha value is -3.28. The Morgan fingerprint density at radius 1 is 0.968 bits per heavy atom. The second-order valence-electron chi connectivity index (χ2n) is 7.92. The van der Waals surface area contributed by atoms with Gasteiger partial charge in [0.05, 0.1) is 23.5 Å². The minimum atomic E-state index is -1.86. The highest BCUT2D eigenvalue weighted by Crippen LogP contribution is 2.44. The summed E-state index contributed by atoms with van der Waals surface area (Å²) in [4.78, 5) is 29.6. The number of carbonyl (C=O) groups excluding carboxylic acids is 2. The van der Waals surface area contributed by atoms with Gasteiger partial charge in [-0.1, -0.05) is 60.7 Å². The van der Waals surface area contributed by atoms with E-state index in [1.165, 1.54) is 11.3 Å². The van der Waals surface area contributed by atoms with Crippen molar-refractivity contribution < 1.29 is 14.7 Å². The van der Waals surface area contributed by atoms with E-state index in [1.807, 2.05) is 67.6 Å². The molecular formula is C26H21NO3S. The van der Waals surface area contributed by atoms with Crippen LogP contribution in [0.15, 0.2) is 78.9 Å². The van der Waals surface area contributed by atoms with Crippen LogP contribution < -0.4 is 4.90 Å². The van der Waals surface area contributed by atoms with Crippen LogP contribution in [0.2, 0.25) is 0 Å². The number of fused-ring (bicyclic) bond motifs is 2. The summed E-state index contributed by atoms with van der Waals surface area (Å²) in [5.74, 6) is -0.681. The predicted octanol–water partition coefficient (Wildman–Crippen LogP) is 5.22. The van der Waals surface area contributed by atoms with E-state index >= 15 is 0 Å². The third-order valence-corrected chi connectivity index (χ3v) is 6.92. The second-order valence-corrected chi connectivity index (χ2v) is 9.21. The molecule has 154 valence electrons. The molecule has 1 aliphatic heterocycles. The van der Waals surface area contributed by atoms with Crippen LogP contribution in [0, 0.1) is 6.92 Å². The normalized spacial score (nSPS) is 17.9. The van der Waals surface area contributed by atoms with Crippen LogP contribution in [0.1, 0.15) is 32.1 Å². The molecule has 1 atom stereocenters. The molecule has 0 fully saturated rings. The van der Waals surface area contributed by atoms with Crippen LogP contribution in [-0.4, -0.2) is 16.8 Å². The molecule has 1 aliphatic rings. The molecule has 0 saturated carbocycles. The number of benzene rings is 3. The number of Topliss-reactive ketones (excluding diaryl/α,β-unsaturated/α-hetero) is 1. The van der Waals surface area contributed by atoms with Gasteiger partial charge >= 0.3 is 0 Å². The van der Waals surface area contributed by atoms with Gasteiger partial charge in [0.15, 0.2) is 11.4 Å². The molecule has 0 aliphatic carbocycles. The van der Waals surface area contributed by atoms with Crippen molar-refractivity contribution >= 4 is 39.5 Å². The van der Waals surface area contributed by atoms with Crippen molar-refractivity contribution in [1.82, 2.24) is 0 Å². The van der Waals surface area contributed by atoms with Gasteiger partial charge in [-0.3, -0.25) is 9.59 Å². The molecule has 4 nitrogen and oxygen atoms in total. The zero-order valence-electron chi connectivity index (χ0n) is 17.0. The van der Waals surface area contributed by atoms with Crippen molar-refractivity contribution in [3.63, 3.8) is 0 Å². The number of rotatable bonds is 5. The summed E-state index contributed by atoms with van der Waals surface area (Å²) in [7, 11) is 0. The van der Waals surface area contributed by atoms with Gasteiger partial charge in [-0.15, -0.1) is 11.3 Å². The first-order chi connectivity index (χ1) is 15.0. The lowest BCUT2D eigenvalue weighted by atomic mass is 9.89. The first kappa shape index (κ1) is 19.7. The number of hydrogen-bond donors (Lipinski definition) is 1. The molecule has 4 aromatic rings. The van der Waals surface area contributed by atoms with Crippen LogP contribution in [0.3, 0.4) is 0 Å². The SMILES string of the molecule is Cc1ccc(C(=O)C[C@@]2(O)C(=O)N(Cc3cccc4ccccc34)c3ccccc32)s1. The fourth-order valence-electron chi connectivity index (χ4n) is 4.34. The minimum absolute atomic E-state index is 0.226. The molecule has 1 N–H and O–H groups in total. The molecule has 0 bridgehead atoms. The van der Waals surface area contributed by atoms with Gasteiger partial charge in [0.25, 0.3) is 5.91 Å². The summed E-state index contributed by atoms with van der Waals surface area (Å²) < 4.78 is 0. The van der Waals surface area contributed by atoms with E-state index < -0.39 is 11.5 Å². The molecule has 5 rings (SSSR count). The van der Waals surface area contributed by atoms with Crippen LogP contribution in [0.4, 0.5) is 5.69 Å². The molecule has 5 heteroatoms. The van der Waals surface area contributed by atoms with E-state index in [9.17, 15) is 14.7 Å². The lowest BCUT2D eigenvalue weighted by molar-refractivity contribution is -0.136. The lowest BCUT2D eigenvalue weighted by Crippen LogP contribution is -2.41. The number of ketones is 1. The van der Waals surface area contributed by atoms with E-state index in [2.05, 4.69) is 0 Å². The summed E-state index contributed by atoms with van der Waals surface area (Å²) in [6.45, 7) is 2.25. The number of para-hydroxylation sites is 1. The zero-order valence-corrected chi connectivity index (χ0v) is 17.9. The number of aliphatic hydroxyl groups is 1. The highest BCUT2D eigenvalue weighted by atomic mass is 32.1. The average Bonchev–Trinajstić information content (AvgIpc) is 3.30. The largest absolute Gasteiger partial charge is 0.375 e. The Morgan fingerprint density at radius 3 is 2.52 bits per heavy atom. The van der Waals surface area contributed by atoms with Crippen molar-refractivity contribution in [3.05, 3.63) is 99.7 Å². The van der Waals surface area contributed by atoms with E-state index in [4.69, 9.17) is 0 Å². The smallest absolute Gasteiger partial charge is 0.264 e. The van der Waals surface area contributed by atoms with Gasteiger partial charge in [-0.2, -0.15) is 0 Å². The summed E-state index contributed by atoms with van der Waals surface area (Å²) in [6, 6.07) is 24.9. The van der Waals surface area contributed by atoms with Crippen molar-refractivity contribution in [2.45, 2.75) is 25.5 Å². The van der Waals surface area contributed by atoms with E-state index in [1.54, 1.807) is 23.1 Å². The van der Waals surface area contributed by atoms with Crippen molar-refractivity contribution in [1.29, 1.82) is 0 Å². The van der Waals surface area contributed by atoms with E-state index in [0.29, 0.717) is 22.7 Å². The maximum atomic E-state index is 13.5. The number of nitrogens with zero attached hydrogens (tertiary/aromatic N) is 1. The molecule has 31 heavy (non-hydrogen) atoms. The Kier molecular flexibility index (Phi) is 4.73. The number of carbonyl (C=O) groups is 2. The molecule has 0 saturated heterocycles. The molecule has 0 unspecified atom stereocenters. The Bertz CT molecular complexity index is 1320. The van der Waals surface area contributed by atoms with Gasteiger partial charge in [0, 0.05) is 10.4 Å². The third-order valence-electron chi connectivity index (χ3n) is 5.88. The first-order valence-corrected chi connectivity index (χ1v) is 11.0. The maximum absolute atomic E-state index is 13.5. The standard InChI is InChI=1S/C26H21NO3S/c1-17-13-14-24(31-17)23(28)15-26(30)21-11-4-5-12-22(21)27(25(26)29)16-19-9-6-8-18-7-2-3-10-20(18)19/h2-14,30H,15-16H2,1H3/t26-/m0/s1. The first-order valence-electron chi connectivity index (χ1n) is 10.2. The fraction of sp³-hybridized carbons (Fsp3) is 0.154. The number of hydrogen-bond acceptors (Lipinski definition) is 4. The second kappa shape index (κ2) is 7.45. The zero-order chi connectivity index (χ0) is 21.6. The summed E-state index contributed by atoms with van der Waals surface area (Å²) in [5, 5.41) is 13.7. The van der Waals surface area contributed by atoms with Crippen LogP contribution >= 0.6 is 11.3 Å². The topological polar surface area (TPSA) is 57.6 Å². The monoisotopic (exact) mass is 427 g/mol. The minimum Gasteiger partial charge on any atom is -0.375 e. The number of anilines is 1. The lowest BCUT2D eigenvalue weighted by Gasteiger charge is -2.23. The van der Waals surface area contributed by atoms with E-state index in [0.717, 1.165) is 21.2 Å². The molecule has 2 heterocycles. The Balaban J connectivity index is 1.53. The highest BCUT2D eigenvalue weighted by Gasteiger charge is 2.50.